The Bertz CT molecular complexity index is 1640. The van der Waals surface area contributed by atoms with Gasteiger partial charge in [0.15, 0.2) is 0 Å². The van der Waals surface area contributed by atoms with Gasteiger partial charge in [-0.05, 0) is 54.0 Å². The molecule has 0 radical (unpaired) electrons. The largest absolute Gasteiger partial charge is 0.478 e. The maximum atomic E-state index is 15.4. The number of pyridine rings is 1. The molecule has 0 saturated heterocycles. The first-order valence-corrected chi connectivity index (χ1v) is 13.4. The number of halogens is 1. The monoisotopic (exact) mass is 571 g/mol. The summed E-state index contributed by atoms with van der Waals surface area (Å²) in [5, 5.41) is 9.42. The number of imidazole rings is 1. The molecule has 9 heteroatoms. The van der Waals surface area contributed by atoms with E-state index in [4.69, 9.17) is 14.2 Å². The molecule has 2 aromatic heterocycles. The Morgan fingerprint density at radius 3 is 2.62 bits per heavy atom. The number of rotatable bonds is 14. The van der Waals surface area contributed by atoms with Crippen LogP contribution in [-0.2, 0) is 22.4 Å². The Labute approximate surface area is 244 Å². The van der Waals surface area contributed by atoms with Crippen molar-refractivity contribution in [2.24, 2.45) is 0 Å². The van der Waals surface area contributed by atoms with Crippen molar-refractivity contribution < 1.29 is 28.5 Å². The fraction of sp³-hybridized carbons (Fsp3) is 0.242. The molecule has 0 unspecified atom stereocenters. The number of benzene rings is 2. The van der Waals surface area contributed by atoms with Crippen LogP contribution in [0.25, 0.3) is 22.3 Å². The summed E-state index contributed by atoms with van der Waals surface area (Å²) in [6.07, 6.45) is 5.80. The molecule has 0 bridgehead atoms. The summed E-state index contributed by atoms with van der Waals surface area (Å²) in [6.45, 7) is 7.34. The van der Waals surface area contributed by atoms with Crippen LogP contribution in [0, 0.1) is 5.82 Å². The summed E-state index contributed by atoms with van der Waals surface area (Å²) in [5.74, 6) is -0.370. The standard InChI is InChI=1S/C33H34FN3O5/c1-5-7-23(21-41-4)16-22(2)20-42-32-9-6-8-28(36-32)25-11-10-24(27(34)17-25)19-31-35-29-13-12-26(33(38)39)18-30(29)37(31)14-15-40-3/h5-13,16-18H,1,14-15,19-21H2,2-4H3,(H,38,39)/b22-16+,23-7+. The smallest absolute Gasteiger partial charge is 0.335 e. The van der Waals surface area contributed by atoms with Gasteiger partial charge in [0.1, 0.15) is 18.2 Å². The highest BCUT2D eigenvalue weighted by atomic mass is 19.1. The highest BCUT2D eigenvalue weighted by molar-refractivity contribution is 5.92. The van der Waals surface area contributed by atoms with Crippen LogP contribution in [0.15, 0.2) is 90.6 Å². The summed E-state index contributed by atoms with van der Waals surface area (Å²) in [7, 11) is 3.23. The number of carboxylic acid groups (broad SMARTS) is 1. The molecule has 0 amide bonds. The molecule has 8 nitrogen and oxygen atoms in total. The predicted octanol–water partition coefficient (Wildman–Crippen LogP) is 6.26. The molecule has 0 saturated carbocycles. The van der Waals surface area contributed by atoms with Crippen LogP contribution in [0.3, 0.4) is 0 Å². The number of allylic oxidation sites excluding steroid dienone is 2. The van der Waals surface area contributed by atoms with Gasteiger partial charge in [0.2, 0.25) is 5.88 Å². The topological polar surface area (TPSA) is 95.7 Å². The zero-order valence-electron chi connectivity index (χ0n) is 24.0. The fourth-order valence-electron chi connectivity index (χ4n) is 4.55. The zero-order valence-corrected chi connectivity index (χ0v) is 24.0. The molecule has 2 heterocycles. The van der Waals surface area contributed by atoms with Crippen molar-refractivity contribution in [3.8, 4) is 17.1 Å². The van der Waals surface area contributed by atoms with E-state index in [9.17, 15) is 9.90 Å². The van der Waals surface area contributed by atoms with Crippen molar-refractivity contribution in [1.29, 1.82) is 0 Å². The molecule has 218 valence electrons. The lowest BCUT2D eigenvalue weighted by atomic mass is 10.1. The van der Waals surface area contributed by atoms with Gasteiger partial charge in [0.25, 0.3) is 0 Å². The van der Waals surface area contributed by atoms with Crippen LogP contribution >= 0.6 is 0 Å². The van der Waals surface area contributed by atoms with E-state index in [1.807, 2.05) is 35.8 Å². The lowest BCUT2D eigenvalue weighted by molar-refractivity contribution is 0.0697. The average Bonchev–Trinajstić information content (AvgIpc) is 3.32. The first-order valence-electron chi connectivity index (χ1n) is 13.4. The van der Waals surface area contributed by atoms with E-state index in [-0.39, 0.29) is 12.0 Å². The summed E-state index contributed by atoms with van der Waals surface area (Å²) >= 11 is 0. The molecule has 0 fully saturated rings. The molecule has 1 N–H and O–H groups in total. The lowest BCUT2D eigenvalue weighted by Crippen LogP contribution is -2.10. The van der Waals surface area contributed by atoms with Crippen LogP contribution in [0.1, 0.15) is 28.7 Å². The average molecular weight is 572 g/mol. The Kier molecular flexibility index (Phi) is 10.4. The number of carbonyl (C=O) groups is 1. The maximum Gasteiger partial charge on any atom is 0.335 e. The van der Waals surface area contributed by atoms with Gasteiger partial charge in [-0.25, -0.2) is 19.2 Å². The van der Waals surface area contributed by atoms with Crippen LogP contribution in [-0.4, -0.2) is 59.7 Å². The maximum absolute atomic E-state index is 15.4. The number of hydrogen-bond acceptors (Lipinski definition) is 6. The summed E-state index contributed by atoms with van der Waals surface area (Å²) in [6, 6.07) is 15.1. The number of ether oxygens (including phenoxy) is 3. The van der Waals surface area contributed by atoms with Gasteiger partial charge in [0, 0.05) is 38.8 Å². The number of aromatic carboxylic acids is 1. The minimum Gasteiger partial charge on any atom is -0.478 e. The molecular weight excluding hydrogens is 537 g/mol. The fourth-order valence-corrected chi connectivity index (χ4v) is 4.55. The molecule has 0 spiro atoms. The summed E-state index contributed by atoms with van der Waals surface area (Å²) < 4.78 is 33.6. The van der Waals surface area contributed by atoms with E-state index in [2.05, 4.69) is 16.5 Å². The second-order valence-corrected chi connectivity index (χ2v) is 9.71. The van der Waals surface area contributed by atoms with Gasteiger partial charge in [-0.3, -0.25) is 0 Å². The van der Waals surface area contributed by atoms with Crippen LogP contribution < -0.4 is 4.74 Å². The third kappa shape index (κ3) is 7.57. The third-order valence-corrected chi connectivity index (χ3v) is 6.54. The molecule has 4 aromatic rings. The zero-order chi connectivity index (χ0) is 30.1. The van der Waals surface area contributed by atoms with E-state index in [0.717, 1.165) is 11.1 Å². The number of fused-ring (bicyclic) bond motifs is 1. The van der Waals surface area contributed by atoms with E-state index in [1.165, 1.54) is 12.1 Å². The SMILES string of the molecule is C=C/C=C(\C=C(/C)COc1cccc(-c2ccc(Cc3nc4ccc(C(=O)O)cc4n3CCOC)c(F)c2)n1)COC. The van der Waals surface area contributed by atoms with E-state index < -0.39 is 11.8 Å². The highest BCUT2D eigenvalue weighted by Gasteiger charge is 2.16. The first kappa shape index (κ1) is 30.4. The lowest BCUT2D eigenvalue weighted by Gasteiger charge is -2.11. The molecule has 0 aliphatic heterocycles. The van der Waals surface area contributed by atoms with Crippen molar-refractivity contribution >= 4 is 17.0 Å². The Morgan fingerprint density at radius 2 is 1.90 bits per heavy atom. The molecular formula is C33H34FN3O5. The van der Waals surface area contributed by atoms with Crippen molar-refractivity contribution in [1.82, 2.24) is 14.5 Å². The molecule has 0 atom stereocenters. The van der Waals surface area contributed by atoms with Gasteiger partial charge in [-0.15, -0.1) is 0 Å². The summed E-state index contributed by atoms with van der Waals surface area (Å²) in [4.78, 5) is 20.7. The van der Waals surface area contributed by atoms with Crippen molar-refractivity contribution in [2.75, 3.05) is 34.0 Å². The number of carboxylic acids is 1. The second-order valence-electron chi connectivity index (χ2n) is 9.71. The van der Waals surface area contributed by atoms with E-state index in [0.29, 0.717) is 65.9 Å². The minimum atomic E-state index is -1.02. The normalized spacial score (nSPS) is 12.1. The van der Waals surface area contributed by atoms with Gasteiger partial charge in [-0.1, -0.05) is 43.0 Å². The van der Waals surface area contributed by atoms with Crippen LogP contribution in [0.2, 0.25) is 0 Å². The predicted molar refractivity (Wildman–Crippen MR) is 160 cm³/mol. The van der Waals surface area contributed by atoms with Gasteiger partial charge in [-0.2, -0.15) is 0 Å². The number of aromatic nitrogens is 3. The molecule has 2 aromatic carbocycles. The van der Waals surface area contributed by atoms with Crippen molar-refractivity contribution in [2.45, 2.75) is 19.9 Å². The Morgan fingerprint density at radius 1 is 1.07 bits per heavy atom. The number of hydrogen-bond donors (Lipinski definition) is 1. The third-order valence-electron chi connectivity index (χ3n) is 6.54. The van der Waals surface area contributed by atoms with Crippen molar-refractivity contribution in [3.63, 3.8) is 0 Å². The molecule has 0 aliphatic carbocycles. The van der Waals surface area contributed by atoms with Gasteiger partial charge < -0.3 is 23.9 Å². The van der Waals surface area contributed by atoms with Crippen molar-refractivity contribution in [3.05, 3.63) is 113 Å². The first-order chi connectivity index (χ1) is 20.3. The molecule has 0 aliphatic rings. The molecule has 4 rings (SSSR count). The van der Waals surface area contributed by atoms with Crippen LogP contribution in [0.4, 0.5) is 4.39 Å². The Balaban J connectivity index is 1.53. The quantitative estimate of drug-likeness (QED) is 0.179. The van der Waals surface area contributed by atoms with Gasteiger partial charge >= 0.3 is 5.97 Å². The Hall–Kier alpha value is -4.60. The van der Waals surface area contributed by atoms with E-state index >= 15 is 4.39 Å². The second kappa shape index (κ2) is 14.3. The number of methoxy groups -OCH3 is 2. The van der Waals surface area contributed by atoms with Gasteiger partial charge in [0.05, 0.1) is 35.5 Å². The van der Waals surface area contributed by atoms with E-state index in [1.54, 1.807) is 50.6 Å². The highest BCUT2D eigenvalue weighted by Crippen LogP contribution is 2.26. The van der Waals surface area contributed by atoms with Crippen LogP contribution in [0.5, 0.6) is 5.88 Å². The summed E-state index contributed by atoms with van der Waals surface area (Å²) in [5.41, 5.74) is 5.08. The number of nitrogens with zero attached hydrogens (tertiary/aromatic N) is 3. The molecule has 42 heavy (non-hydrogen) atoms. The minimum absolute atomic E-state index is 0.161.